The molecule has 2 atom stereocenters. The molecule has 0 aliphatic heterocycles. The highest BCUT2D eigenvalue weighted by Crippen LogP contribution is 2.32. The van der Waals surface area contributed by atoms with Crippen LogP contribution in [0, 0.1) is 5.92 Å². The van der Waals surface area contributed by atoms with Crippen LogP contribution in [0.15, 0.2) is 18.2 Å². The average molecular weight is 275 g/mol. The van der Waals surface area contributed by atoms with E-state index in [1.54, 1.807) is 6.92 Å². The molecule has 0 heterocycles. The van der Waals surface area contributed by atoms with Crippen LogP contribution in [0.25, 0.3) is 0 Å². The molecule has 110 valence electrons. The number of carbonyl (C=O) groups excluding carboxylic acids is 1. The summed E-state index contributed by atoms with van der Waals surface area (Å²) < 4.78 is 0. The summed E-state index contributed by atoms with van der Waals surface area (Å²) in [5.74, 6) is 0.502. The first-order valence-electron chi connectivity index (χ1n) is 7.57. The summed E-state index contributed by atoms with van der Waals surface area (Å²) in [4.78, 5) is 12.0. The Morgan fingerprint density at radius 2 is 2.15 bits per heavy atom. The van der Waals surface area contributed by atoms with Crippen molar-refractivity contribution in [3.05, 3.63) is 34.9 Å². The van der Waals surface area contributed by atoms with E-state index in [4.69, 9.17) is 0 Å². The van der Waals surface area contributed by atoms with Gasteiger partial charge >= 0.3 is 0 Å². The fraction of sp³-hybridized carbons (Fsp3) is 0.588. The number of aliphatic hydroxyl groups is 1. The standard InChI is InChI=1S/C17H25NO2/c1-11(2)9-17(20)18-16-6-4-5-13-7-8-14(12(3)19)10-15(13)16/h7-8,10-12,16,19H,4-6,9H2,1-3H3,(H,18,20). The highest BCUT2D eigenvalue weighted by molar-refractivity contribution is 5.76. The van der Waals surface area contributed by atoms with Crippen LogP contribution in [0.4, 0.5) is 0 Å². The maximum atomic E-state index is 12.0. The lowest BCUT2D eigenvalue weighted by molar-refractivity contribution is -0.122. The summed E-state index contributed by atoms with van der Waals surface area (Å²) in [6.45, 7) is 5.89. The van der Waals surface area contributed by atoms with Crippen molar-refractivity contribution < 1.29 is 9.90 Å². The fourth-order valence-corrected chi connectivity index (χ4v) is 2.85. The van der Waals surface area contributed by atoms with Crippen molar-refractivity contribution in [1.29, 1.82) is 0 Å². The van der Waals surface area contributed by atoms with Gasteiger partial charge in [-0.1, -0.05) is 32.0 Å². The fourth-order valence-electron chi connectivity index (χ4n) is 2.85. The third kappa shape index (κ3) is 3.60. The molecular formula is C17H25NO2. The average Bonchev–Trinajstić information content (AvgIpc) is 2.37. The Balaban J connectivity index is 2.18. The molecule has 0 fully saturated rings. The predicted molar refractivity (Wildman–Crippen MR) is 80.4 cm³/mol. The number of aliphatic hydroxyl groups excluding tert-OH is 1. The van der Waals surface area contributed by atoms with Gasteiger partial charge in [-0.2, -0.15) is 0 Å². The minimum Gasteiger partial charge on any atom is -0.389 e. The Bertz CT molecular complexity index is 480. The molecule has 0 radical (unpaired) electrons. The van der Waals surface area contributed by atoms with Crippen molar-refractivity contribution in [2.75, 3.05) is 0 Å². The highest BCUT2D eigenvalue weighted by Gasteiger charge is 2.22. The summed E-state index contributed by atoms with van der Waals surface area (Å²) in [6, 6.07) is 6.24. The molecule has 3 nitrogen and oxygen atoms in total. The van der Waals surface area contributed by atoms with Gasteiger partial charge in [0.1, 0.15) is 0 Å². The molecule has 1 amide bonds. The Labute approximate surface area is 121 Å². The molecule has 2 unspecified atom stereocenters. The molecule has 0 saturated heterocycles. The molecule has 2 rings (SSSR count). The van der Waals surface area contributed by atoms with Crippen LogP contribution in [0.2, 0.25) is 0 Å². The number of fused-ring (bicyclic) bond motifs is 1. The van der Waals surface area contributed by atoms with Gasteiger partial charge in [-0.05, 0) is 48.8 Å². The Hall–Kier alpha value is -1.35. The van der Waals surface area contributed by atoms with Crippen molar-refractivity contribution in [1.82, 2.24) is 5.32 Å². The number of benzene rings is 1. The van der Waals surface area contributed by atoms with E-state index in [0.717, 1.165) is 24.8 Å². The maximum Gasteiger partial charge on any atom is 0.220 e. The second-order valence-corrected chi connectivity index (χ2v) is 6.24. The summed E-state index contributed by atoms with van der Waals surface area (Å²) in [7, 11) is 0. The lowest BCUT2D eigenvalue weighted by Gasteiger charge is -2.27. The number of carbonyl (C=O) groups is 1. The molecule has 1 aliphatic carbocycles. The molecule has 2 N–H and O–H groups in total. The van der Waals surface area contributed by atoms with Gasteiger partial charge in [-0.25, -0.2) is 0 Å². The zero-order valence-electron chi connectivity index (χ0n) is 12.6. The van der Waals surface area contributed by atoms with E-state index in [0.29, 0.717) is 12.3 Å². The van der Waals surface area contributed by atoms with Gasteiger partial charge in [0.2, 0.25) is 5.91 Å². The van der Waals surface area contributed by atoms with Crippen molar-refractivity contribution in [2.45, 2.75) is 58.6 Å². The van der Waals surface area contributed by atoms with Crippen molar-refractivity contribution in [3.63, 3.8) is 0 Å². The van der Waals surface area contributed by atoms with Crippen molar-refractivity contribution in [2.24, 2.45) is 5.92 Å². The van der Waals surface area contributed by atoms with Crippen LogP contribution in [-0.2, 0) is 11.2 Å². The minimum atomic E-state index is -0.464. The maximum absolute atomic E-state index is 12.0. The van der Waals surface area contributed by atoms with E-state index in [1.807, 2.05) is 6.07 Å². The van der Waals surface area contributed by atoms with Crippen LogP contribution in [-0.4, -0.2) is 11.0 Å². The molecule has 0 bridgehead atoms. The molecule has 1 aromatic rings. The van der Waals surface area contributed by atoms with Gasteiger partial charge in [-0.15, -0.1) is 0 Å². The Morgan fingerprint density at radius 1 is 1.40 bits per heavy atom. The molecular weight excluding hydrogens is 250 g/mol. The zero-order valence-corrected chi connectivity index (χ0v) is 12.6. The summed E-state index contributed by atoms with van der Waals surface area (Å²) >= 11 is 0. The number of nitrogens with one attached hydrogen (secondary N) is 1. The van der Waals surface area contributed by atoms with E-state index < -0.39 is 6.10 Å². The van der Waals surface area contributed by atoms with Gasteiger partial charge in [0.05, 0.1) is 12.1 Å². The normalized spacial score (nSPS) is 19.6. The van der Waals surface area contributed by atoms with Crippen molar-refractivity contribution in [3.8, 4) is 0 Å². The zero-order chi connectivity index (χ0) is 14.7. The molecule has 3 heteroatoms. The third-order valence-electron chi connectivity index (χ3n) is 3.90. The number of amides is 1. The molecule has 20 heavy (non-hydrogen) atoms. The van der Waals surface area contributed by atoms with Crippen molar-refractivity contribution >= 4 is 5.91 Å². The topological polar surface area (TPSA) is 49.3 Å². The van der Waals surface area contributed by atoms with Crippen LogP contribution < -0.4 is 5.32 Å². The van der Waals surface area contributed by atoms with E-state index in [1.165, 1.54) is 11.1 Å². The predicted octanol–water partition coefficient (Wildman–Crippen LogP) is 3.28. The van der Waals surface area contributed by atoms with Crippen LogP contribution in [0.3, 0.4) is 0 Å². The monoisotopic (exact) mass is 275 g/mol. The van der Waals surface area contributed by atoms with Gasteiger partial charge < -0.3 is 10.4 Å². The van der Waals surface area contributed by atoms with E-state index in [-0.39, 0.29) is 11.9 Å². The number of aryl methyl sites for hydroxylation is 1. The van der Waals surface area contributed by atoms with Crippen LogP contribution in [0.5, 0.6) is 0 Å². The van der Waals surface area contributed by atoms with Gasteiger partial charge in [-0.3, -0.25) is 4.79 Å². The number of rotatable bonds is 4. The molecule has 1 aliphatic rings. The van der Waals surface area contributed by atoms with Crippen LogP contribution >= 0.6 is 0 Å². The lowest BCUT2D eigenvalue weighted by atomic mass is 9.86. The Kier molecular flexibility index (Phi) is 4.81. The number of hydrogen-bond acceptors (Lipinski definition) is 2. The summed E-state index contributed by atoms with van der Waals surface area (Å²) in [5.41, 5.74) is 3.41. The first kappa shape index (κ1) is 15.0. The minimum absolute atomic E-state index is 0.101. The quantitative estimate of drug-likeness (QED) is 0.886. The molecule has 0 spiro atoms. The summed E-state index contributed by atoms with van der Waals surface area (Å²) in [6.07, 6.45) is 3.26. The third-order valence-corrected chi connectivity index (χ3v) is 3.90. The first-order valence-corrected chi connectivity index (χ1v) is 7.57. The van der Waals surface area contributed by atoms with E-state index in [2.05, 4.69) is 31.3 Å². The first-order chi connectivity index (χ1) is 9.47. The SMILES string of the molecule is CC(C)CC(=O)NC1CCCc2ccc(C(C)O)cc21. The Morgan fingerprint density at radius 3 is 2.80 bits per heavy atom. The van der Waals surface area contributed by atoms with Gasteiger partial charge in [0.15, 0.2) is 0 Å². The molecule has 0 saturated carbocycles. The van der Waals surface area contributed by atoms with E-state index in [9.17, 15) is 9.90 Å². The molecule has 1 aromatic carbocycles. The second-order valence-electron chi connectivity index (χ2n) is 6.24. The van der Waals surface area contributed by atoms with E-state index >= 15 is 0 Å². The smallest absolute Gasteiger partial charge is 0.220 e. The second kappa shape index (κ2) is 6.40. The number of hydrogen-bond donors (Lipinski definition) is 2. The van der Waals surface area contributed by atoms with Crippen LogP contribution in [0.1, 0.15) is 68.9 Å². The highest BCUT2D eigenvalue weighted by atomic mass is 16.3. The largest absolute Gasteiger partial charge is 0.389 e. The van der Waals surface area contributed by atoms with Gasteiger partial charge in [0.25, 0.3) is 0 Å². The summed E-state index contributed by atoms with van der Waals surface area (Å²) in [5, 5.41) is 12.9. The molecule has 0 aromatic heterocycles. The van der Waals surface area contributed by atoms with Gasteiger partial charge in [0, 0.05) is 6.42 Å². The lowest BCUT2D eigenvalue weighted by Crippen LogP contribution is -2.31.